The fourth-order valence-electron chi connectivity index (χ4n) is 1.11. The van der Waals surface area contributed by atoms with Gasteiger partial charge < -0.3 is 9.47 Å². The van der Waals surface area contributed by atoms with E-state index in [1.807, 2.05) is 6.92 Å². The lowest BCUT2D eigenvalue weighted by atomic mass is 10.1. The maximum absolute atomic E-state index is 5.62. The molecule has 0 atom stereocenters. The first kappa shape index (κ1) is 8.91. The summed E-state index contributed by atoms with van der Waals surface area (Å²) in [5.41, 5.74) is 1.61. The van der Waals surface area contributed by atoms with Crippen LogP contribution in [-0.4, -0.2) is 14.2 Å². The molecule has 0 heterocycles. The van der Waals surface area contributed by atoms with E-state index in [0.717, 1.165) is 17.1 Å². The highest BCUT2D eigenvalue weighted by Crippen LogP contribution is 2.28. The first-order chi connectivity index (χ1) is 5.69. The van der Waals surface area contributed by atoms with E-state index in [4.69, 9.17) is 16.4 Å². The van der Waals surface area contributed by atoms with E-state index in [9.17, 15) is 0 Å². The summed E-state index contributed by atoms with van der Waals surface area (Å²) < 4.78 is 10.2. The number of benzene rings is 1. The monoisotopic (exact) mass is 164 g/mol. The van der Waals surface area contributed by atoms with Gasteiger partial charge in [0.1, 0.15) is 11.5 Å². The molecule has 0 aromatic heterocycles. The molecular formula is C10H12O2. The lowest BCUT2D eigenvalue weighted by Gasteiger charge is -2.10. The third-order valence-electron chi connectivity index (χ3n) is 1.77. The van der Waals surface area contributed by atoms with Gasteiger partial charge in [0.25, 0.3) is 0 Å². The van der Waals surface area contributed by atoms with Crippen molar-refractivity contribution >= 4 is 0 Å². The van der Waals surface area contributed by atoms with Crippen LogP contribution in [0.15, 0.2) is 12.1 Å². The van der Waals surface area contributed by atoms with E-state index in [1.165, 1.54) is 0 Å². The van der Waals surface area contributed by atoms with E-state index in [2.05, 4.69) is 0 Å². The standard InChI is InChI=1S/C10H12O2/c1-7-5-9(11-3)8(2)10(6-7)12-4/h1,5-6H,2-4H3. The molecule has 0 aliphatic heterocycles. The Bertz CT molecular complexity index is 254. The van der Waals surface area contributed by atoms with Crippen molar-refractivity contribution in [1.29, 1.82) is 0 Å². The molecule has 0 aliphatic carbocycles. The smallest absolute Gasteiger partial charge is 0.125 e. The van der Waals surface area contributed by atoms with Gasteiger partial charge in [-0.25, -0.2) is 0 Å². The molecule has 12 heavy (non-hydrogen) atoms. The zero-order valence-corrected chi connectivity index (χ0v) is 7.55. The van der Waals surface area contributed by atoms with Crippen molar-refractivity contribution in [1.82, 2.24) is 0 Å². The molecule has 1 aromatic rings. The molecule has 0 spiro atoms. The maximum atomic E-state index is 5.62. The first-order valence-corrected chi connectivity index (χ1v) is 3.67. The van der Waals surface area contributed by atoms with Crippen LogP contribution < -0.4 is 9.47 Å². The minimum absolute atomic E-state index is 0.648. The maximum Gasteiger partial charge on any atom is 0.125 e. The molecule has 2 heteroatoms. The molecule has 0 amide bonds. The van der Waals surface area contributed by atoms with Gasteiger partial charge in [-0.15, -0.1) is 0 Å². The summed E-state index contributed by atoms with van der Waals surface area (Å²) in [6.45, 7) is 7.55. The van der Waals surface area contributed by atoms with E-state index in [0.29, 0.717) is 5.56 Å². The van der Waals surface area contributed by atoms with Crippen LogP contribution in [0, 0.1) is 13.8 Å². The summed E-state index contributed by atoms with van der Waals surface area (Å²) in [5.74, 6) is 1.51. The molecule has 0 saturated heterocycles. The number of ether oxygens (including phenoxy) is 2. The summed E-state index contributed by atoms with van der Waals surface area (Å²) >= 11 is 0. The number of hydrogen-bond acceptors (Lipinski definition) is 2. The van der Waals surface area contributed by atoms with Crippen molar-refractivity contribution < 1.29 is 9.47 Å². The molecule has 0 unspecified atom stereocenters. The van der Waals surface area contributed by atoms with Gasteiger partial charge >= 0.3 is 0 Å². The molecule has 0 fully saturated rings. The Hall–Kier alpha value is -1.18. The Kier molecular flexibility index (Phi) is 2.58. The Morgan fingerprint density at radius 1 is 1.08 bits per heavy atom. The Labute approximate surface area is 73.1 Å². The van der Waals surface area contributed by atoms with Gasteiger partial charge in [0.2, 0.25) is 0 Å². The van der Waals surface area contributed by atoms with Crippen LogP contribution >= 0.6 is 0 Å². The quantitative estimate of drug-likeness (QED) is 0.666. The van der Waals surface area contributed by atoms with Gasteiger partial charge in [-0.05, 0) is 31.5 Å². The van der Waals surface area contributed by atoms with Crippen LogP contribution in [0.25, 0.3) is 0 Å². The fraction of sp³-hybridized carbons (Fsp3) is 0.300. The Morgan fingerprint density at radius 3 is 1.83 bits per heavy atom. The highest BCUT2D eigenvalue weighted by Gasteiger charge is 2.05. The highest BCUT2D eigenvalue weighted by atomic mass is 16.5. The van der Waals surface area contributed by atoms with Gasteiger partial charge in [0, 0.05) is 5.56 Å². The van der Waals surface area contributed by atoms with Gasteiger partial charge in [0.05, 0.1) is 14.2 Å². The average Bonchev–Trinajstić information content (AvgIpc) is 2.08. The molecule has 0 saturated carbocycles. The normalized spacial score (nSPS) is 9.67. The number of rotatable bonds is 2. The molecule has 2 radical (unpaired) electrons. The van der Waals surface area contributed by atoms with E-state index in [1.54, 1.807) is 26.4 Å². The molecule has 0 N–H and O–H groups in total. The predicted octanol–water partition coefficient (Wildman–Crippen LogP) is 2.07. The van der Waals surface area contributed by atoms with Gasteiger partial charge in [-0.2, -0.15) is 0 Å². The second-order valence-corrected chi connectivity index (χ2v) is 2.55. The Balaban J connectivity index is 3.22. The molecule has 0 bridgehead atoms. The molecular weight excluding hydrogens is 152 g/mol. The summed E-state index contributed by atoms with van der Waals surface area (Å²) in [6.07, 6.45) is 0. The second-order valence-electron chi connectivity index (χ2n) is 2.55. The van der Waals surface area contributed by atoms with E-state index in [-0.39, 0.29) is 0 Å². The zero-order chi connectivity index (χ0) is 9.14. The number of methoxy groups -OCH3 is 2. The molecule has 2 nitrogen and oxygen atoms in total. The molecule has 64 valence electrons. The minimum atomic E-state index is 0.648. The van der Waals surface area contributed by atoms with Crippen LogP contribution in [-0.2, 0) is 0 Å². The van der Waals surface area contributed by atoms with Crippen LogP contribution in [0.2, 0.25) is 0 Å². The van der Waals surface area contributed by atoms with E-state index >= 15 is 0 Å². The highest BCUT2D eigenvalue weighted by molar-refractivity contribution is 5.47. The van der Waals surface area contributed by atoms with Gasteiger partial charge in [-0.1, -0.05) is 0 Å². The van der Waals surface area contributed by atoms with Crippen molar-refractivity contribution in [3.05, 3.63) is 30.2 Å². The average molecular weight is 164 g/mol. The van der Waals surface area contributed by atoms with Crippen molar-refractivity contribution in [3.8, 4) is 11.5 Å². The van der Waals surface area contributed by atoms with Crippen molar-refractivity contribution in [3.63, 3.8) is 0 Å². The third-order valence-corrected chi connectivity index (χ3v) is 1.77. The van der Waals surface area contributed by atoms with Crippen LogP contribution in [0.4, 0.5) is 0 Å². The molecule has 1 rings (SSSR count). The van der Waals surface area contributed by atoms with Crippen LogP contribution in [0.5, 0.6) is 11.5 Å². The van der Waals surface area contributed by atoms with Crippen LogP contribution in [0.3, 0.4) is 0 Å². The minimum Gasteiger partial charge on any atom is -0.496 e. The largest absolute Gasteiger partial charge is 0.496 e. The Morgan fingerprint density at radius 2 is 1.50 bits per heavy atom. The van der Waals surface area contributed by atoms with Crippen LogP contribution in [0.1, 0.15) is 11.1 Å². The summed E-state index contributed by atoms with van der Waals surface area (Å²) in [4.78, 5) is 0. The van der Waals surface area contributed by atoms with Crippen molar-refractivity contribution in [2.24, 2.45) is 0 Å². The SMILES string of the molecule is [CH]c1cc(OC)c(C)c(OC)c1. The lowest BCUT2D eigenvalue weighted by Crippen LogP contribution is -1.93. The molecule has 1 aromatic carbocycles. The topological polar surface area (TPSA) is 18.5 Å². The summed E-state index contributed by atoms with van der Waals surface area (Å²) in [5, 5.41) is 0. The van der Waals surface area contributed by atoms with Gasteiger partial charge in [0.15, 0.2) is 0 Å². The fourth-order valence-corrected chi connectivity index (χ4v) is 1.11. The summed E-state index contributed by atoms with van der Waals surface area (Å²) in [6, 6.07) is 3.55. The van der Waals surface area contributed by atoms with Crippen molar-refractivity contribution in [2.75, 3.05) is 14.2 Å². The van der Waals surface area contributed by atoms with E-state index < -0.39 is 0 Å². The third kappa shape index (κ3) is 1.52. The van der Waals surface area contributed by atoms with Crippen molar-refractivity contribution in [2.45, 2.75) is 6.92 Å². The lowest BCUT2D eigenvalue weighted by molar-refractivity contribution is 0.388. The second kappa shape index (κ2) is 3.48. The molecule has 0 aliphatic rings. The summed E-state index contributed by atoms with van der Waals surface area (Å²) in [7, 11) is 3.22. The zero-order valence-electron chi connectivity index (χ0n) is 7.55. The predicted molar refractivity (Wildman–Crippen MR) is 47.7 cm³/mol. The first-order valence-electron chi connectivity index (χ1n) is 3.67. The number of hydrogen-bond donors (Lipinski definition) is 0. The van der Waals surface area contributed by atoms with Gasteiger partial charge in [-0.3, -0.25) is 0 Å².